The number of carbonyl (C=O) groups is 1. The number of allylic oxidation sites excluding steroid dienone is 2. The van der Waals surface area contributed by atoms with E-state index < -0.39 is 0 Å². The SMILES string of the molecule is O=C1/C(=C\c2ccccc2)CC(c2ccccc2)C/C1=C\c1ccccc1. The maximum absolute atomic E-state index is 13.2. The summed E-state index contributed by atoms with van der Waals surface area (Å²) in [4.78, 5) is 13.2. The van der Waals surface area contributed by atoms with E-state index in [4.69, 9.17) is 0 Å². The normalized spacial score (nSPS) is 20.1. The van der Waals surface area contributed by atoms with Crippen LogP contribution < -0.4 is 0 Å². The predicted octanol–water partition coefficient (Wildman–Crippen LogP) is 6.30. The minimum absolute atomic E-state index is 0.176. The first-order valence-corrected chi connectivity index (χ1v) is 9.40. The van der Waals surface area contributed by atoms with Crippen molar-refractivity contribution in [3.8, 4) is 0 Å². The Morgan fingerprint density at radius 2 is 1.00 bits per heavy atom. The first kappa shape index (κ1) is 17.2. The molecule has 1 unspecified atom stereocenters. The number of hydrogen-bond donors (Lipinski definition) is 0. The molecule has 0 aliphatic heterocycles. The largest absolute Gasteiger partial charge is 0.289 e. The number of hydrogen-bond acceptors (Lipinski definition) is 1. The quantitative estimate of drug-likeness (QED) is 0.507. The highest BCUT2D eigenvalue weighted by molar-refractivity contribution is 6.14. The van der Waals surface area contributed by atoms with E-state index in [9.17, 15) is 4.79 Å². The molecule has 1 atom stereocenters. The van der Waals surface area contributed by atoms with Gasteiger partial charge >= 0.3 is 0 Å². The van der Waals surface area contributed by atoms with Crippen LogP contribution in [0.2, 0.25) is 0 Å². The van der Waals surface area contributed by atoms with Crippen LogP contribution in [0.1, 0.15) is 35.4 Å². The van der Waals surface area contributed by atoms with Crippen LogP contribution in [0.5, 0.6) is 0 Å². The number of rotatable bonds is 3. The van der Waals surface area contributed by atoms with Crippen molar-refractivity contribution < 1.29 is 4.79 Å². The van der Waals surface area contributed by atoms with E-state index in [0.29, 0.717) is 5.92 Å². The first-order chi connectivity index (χ1) is 13.3. The monoisotopic (exact) mass is 350 g/mol. The van der Waals surface area contributed by atoms with E-state index in [1.54, 1.807) is 0 Å². The van der Waals surface area contributed by atoms with Crippen molar-refractivity contribution in [2.24, 2.45) is 0 Å². The van der Waals surface area contributed by atoms with E-state index in [-0.39, 0.29) is 5.78 Å². The molecule has 4 rings (SSSR count). The number of carbonyl (C=O) groups excluding carboxylic acids is 1. The Morgan fingerprint density at radius 3 is 1.44 bits per heavy atom. The predicted molar refractivity (Wildman–Crippen MR) is 112 cm³/mol. The molecule has 0 heterocycles. The molecule has 1 aliphatic rings. The summed E-state index contributed by atoms with van der Waals surface area (Å²) in [6.07, 6.45) is 5.67. The third-order valence-corrected chi connectivity index (χ3v) is 5.07. The van der Waals surface area contributed by atoms with Gasteiger partial charge < -0.3 is 0 Å². The molecule has 1 fully saturated rings. The highest BCUT2D eigenvalue weighted by Gasteiger charge is 2.28. The van der Waals surface area contributed by atoms with Crippen LogP contribution >= 0.6 is 0 Å². The van der Waals surface area contributed by atoms with Crippen molar-refractivity contribution in [1.29, 1.82) is 0 Å². The molecule has 132 valence electrons. The lowest BCUT2D eigenvalue weighted by molar-refractivity contribution is -0.113. The molecule has 0 radical (unpaired) electrons. The smallest absolute Gasteiger partial charge is 0.185 e. The lowest BCUT2D eigenvalue weighted by Crippen LogP contribution is -2.19. The lowest BCUT2D eigenvalue weighted by Gasteiger charge is -2.26. The molecule has 0 bridgehead atoms. The molecule has 0 spiro atoms. The van der Waals surface area contributed by atoms with Crippen LogP contribution in [0.3, 0.4) is 0 Å². The van der Waals surface area contributed by atoms with E-state index >= 15 is 0 Å². The molecule has 1 heteroatoms. The highest BCUT2D eigenvalue weighted by atomic mass is 16.1. The summed E-state index contributed by atoms with van der Waals surface area (Å²) in [5.74, 6) is 0.503. The van der Waals surface area contributed by atoms with E-state index in [1.807, 2.05) is 66.7 Å². The zero-order chi connectivity index (χ0) is 18.5. The van der Waals surface area contributed by atoms with Gasteiger partial charge in [-0.05, 0) is 47.6 Å². The summed E-state index contributed by atoms with van der Waals surface area (Å²) in [5.41, 5.74) is 5.23. The van der Waals surface area contributed by atoms with Crippen LogP contribution in [0, 0.1) is 0 Å². The van der Waals surface area contributed by atoms with Crippen molar-refractivity contribution in [2.75, 3.05) is 0 Å². The number of Topliss-reactive ketones (excluding diaryl/α,β-unsaturated/α-hetero) is 1. The molecule has 0 aromatic heterocycles. The van der Waals surface area contributed by atoms with E-state index in [0.717, 1.165) is 35.1 Å². The third kappa shape index (κ3) is 4.15. The van der Waals surface area contributed by atoms with Crippen LogP contribution in [-0.4, -0.2) is 5.78 Å². The van der Waals surface area contributed by atoms with Crippen molar-refractivity contribution >= 4 is 17.9 Å². The summed E-state index contributed by atoms with van der Waals surface area (Å²) in [6, 6.07) is 30.8. The second kappa shape index (κ2) is 8.01. The van der Waals surface area contributed by atoms with Gasteiger partial charge in [0.2, 0.25) is 0 Å². The van der Waals surface area contributed by atoms with Crippen molar-refractivity contribution in [1.82, 2.24) is 0 Å². The maximum atomic E-state index is 13.2. The second-order valence-electron chi connectivity index (χ2n) is 7.01. The number of ketones is 1. The fourth-order valence-electron chi connectivity index (χ4n) is 3.71. The van der Waals surface area contributed by atoms with Gasteiger partial charge in [-0.15, -0.1) is 0 Å². The molecular formula is C26H22O. The van der Waals surface area contributed by atoms with Crippen molar-refractivity contribution in [2.45, 2.75) is 18.8 Å². The van der Waals surface area contributed by atoms with Gasteiger partial charge in [-0.3, -0.25) is 4.79 Å². The topological polar surface area (TPSA) is 17.1 Å². The summed E-state index contributed by atoms with van der Waals surface area (Å²) in [6.45, 7) is 0. The third-order valence-electron chi connectivity index (χ3n) is 5.07. The van der Waals surface area contributed by atoms with Crippen LogP contribution in [0.4, 0.5) is 0 Å². The van der Waals surface area contributed by atoms with Gasteiger partial charge in [-0.2, -0.15) is 0 Å². The highest BCUT2D eigenvalue weighted by Crippen LogP contribution is 2.38. The average Bonchev–Trinajstić information content (AvgIpc) is 2.73. The van der Waals surface area contributed by atoms with Gasteiger partial charge in [-0.25, -0.2) is 0 Å². The Hall–Kier alpha value is -3.19. The van der Waals surface area contributed by atoms with E-state index in [1.165, 1.54) is 5.56 Å². The Labute approximate surface area is 160 Å². The molecule has 1 aliphatic carbocycles. The molecule has 3 aromatic rings. The van der Waals surface area contributed by atoms with Crippen LogP contribution in [0.25, 0.3) is 12.2 Å². The molecule has 0 amide bonds. The second-order valence-corrected chi connectivity index (χ2v) is 7.01. The zero-order valence-corrected chi connectivity index (χ0v) is 15.2. The Morgan fingerprint density at radius 1 is 0.593 bits per heavy atom. The van der Waals surface area contributed by atoms with Crippen LogP contribution in [-0.2, 0) is 4.79 Å². The van der Waals surface area contributed by atoms with Gasteiger partial charge in [0.25, 0.3) is 0 Å². The first-order valence-electron chi connectivity index (χ1n) is 9.40. The number of benzene rings is 3. The van der Waals surface area contributed by atoms with Gasteiger partial charge in [0.15, 0.2) is 5.78 Å². The molecule has 0 N–H and O–H groups in total. The molecule has 0 saturated heterocycles. The minimum Gasteiger partial charge on any atom is -0.289 e. The minimum atomic E-state index is 0.176. The molecule has 3 aromatic carbocycles. The molecule has 27 heavy (non-hydrogen) atoms. The fraction of sp³-hybridized carbons (Fsp3) is 0.115. The van der Waals surface area contributed by atoms with Crippen molar-refractivity contribution in [3.05, 3.63) is 119 Å². The molecule has 1 nitrogen and oxygen atoms in total. The standard InChI is InChI=1S/C26H22O/c27-26-24(16-20-10-4-1-5-11-20)18-23(22-14-8-3-9-15-22)19-25(26)17-21-12-6-2-7-13-21/h1-17,23H,18-19H2/b24-16-,25-17+. The summed E-state index contributed by atoms with van der Waals surface area (Å²) < 4.78 is 0. The average molecular weight is 350 g/mol. The summed E-state index contributed by atoms with van der Waals surface area (Å²) in [7, 11) is 0. The Bertz CT molecular complexity index is 905. The molecule has 1 saturated carbocycles. The molecular weight excluding hydrogens is 328 g/mol. The van der Waals surface area contributed by atoms with Gasteiger partial charge in [-0.1, -0.05) is 91.0 Å². The van der Waals surface area contributed by atoms with Crippen molar-refractivity contribution in [3.63, 3.8) is 0 Å². The van der Waals surface area contributed by atoms with Gasteiger partial charge in [0, 0.05) is 11.1 Å². The Balaban J connectivity index is 1.74. The van der Waals surface area contributed by atoms with Gasteiger partial charge in [0.1, 0.15) is 0 Å². The fourth-order valence-corrected chi connectivity index (χ4v) is 3.71. The maximum Gasteiger partial charge on any atom is 0.185 e. The van der Waals surface area contributed by atoms with E-state index in [2.05, 4.69) is 36.4 Å². The summed E-state index contributed by atoms with van der Waals surface area (Å²) in [5, 5.41) is 0. The van der Waals surface area contributed by atoms with Gasteiger partial charge in [0.05, 0.1) is 0 Å². The Kier molecular flexibility index (Phi) is 5.11. The summed E-state index contributed by atoms with van der Waals surface area (Å²) >= 11 is 0. The zero-order valence-electron chi connectivity index (χ0n) is 15.2. The van der Waals surface area contributed by atoms with Crippen LogP contribution in [0.15, 0.2) is 102 Å². The lowest BCUT2D eigenvalue weighted by atomic mass is 9.77.